The Morgan fingerprint density at radius 1 is 1.24 bits per heavy atom. The van der Waals surface area contributed by atoms with Gasteiger partial charge in [0.1, 0.15) is 9.88 Å². The van der Waals surface area contributed by atoms with Crippen molar-refractivity contribution in [3.63, 3.8) is 0 Å². The number of aromatic carboxylic acids is 1. The fraction of sp³-hybridized carbons (Fsp3) is 0.750. The Labute approximate surface area is 130 Å². The highest BCUT2D eigenvalue weighted by Crippen LogP contribution is 2.39. The van der Waals surface area contributed by atoms with Gasteiger partial charge in [-0.25, -0.2) is 9.78 Å². The Hall–Kier alpha value is -0.940. The van der Waals surface area contributed by atoms with Crippen molar-refractivity contribution in [3.8, 4) is 0 Å². The molecule has 1 heterocycles. The molecule has 2 aliphatic rings. The van der Waals surface area contributed by atoms with Gasteiger partial charge in [-0.2, -0.15) is 0 Å². The molecule has 0 saturated heterocycles. The van der Waals surface area contributed by atoms with Crippen LogP contribution in [0, 0.1) is 0 Å². The van der Waals surface area contributed by atoms with Crippen molar-refractivity contribution in [3.05, 3.63) is 15.6 Å². The maximum atomic E-state index is 11.4. The maximum absolute atomic E-state index is 11.4. The van der Waals surface area contributed by atoms with Gasteiger partial charge in [-0.1, -0.05) is 25.7 Å². The van der Waals surface area contributed by atoms with Crippen LogP contribution in [0.1, 0.15) is 77.7 Å². The number of carboxylic acids is 1. The van der Waals surface area contributed by atoms with E-state index in [1.165, 1.54) is 49.9 Å². The number of aromatic nitrogens is 1. The number of carbonyl (C=O) groups is 1. The second-order valence-corrected chi connectivity index (χ2v) is 7.55. The fourth-order valence-corrected chi connectivity index (χ4v) is 4.47. The van der Waals surface area contributed by atoms with Crippen molar-refractivity contribution >= 4 is 17.3 Å². The highest BCUT2D eigenvalue weighted by molar-refractivity contribution is 7.13. The Morgan fingerprint density at radius 2 is 1.95 bits per heavy atom. The Bertz CT molecular complexity index is 504. The van der Waals surface area contributed by atoms with Crippen LogP contribution in [-0.4, -0.2) is 34.0 Å². The van der Waals surface area contributed by atoms with Gasteiger partial charge in [-0.15, -0.1) is 11.3 Å². The van der Waals surface area contributed by atoms with Gasteiger partial charge >= 0.3 is 5.97 Å². The summed E-state index contributed by atoms with van der Waals surface area (Å²) in [5.74, 6) is -0.415. The largest absolute Gasteiger partial charge is 0.477 e. The summed E-state index contributed by atoms with van der Waals surface area (Å²) in [7, 11) is 2.15. The van der Waals surface area contributed by atoms with Crippen LogP contribution >= 0.6 is 11.3 Å². The van der Waals surface area contributed by atoms with Crippen LogP contribution in [0.15, 0.2) is 0 Å². The van der Waals surface area contributed by atoms with Gasteiger partial charge in [0.25, 0.3) is 0 Å². The molecule has 21 heavy (non-hydrogen) atoms. The molecule has 0 aliphatic heterocycles. The third-order valence-electron chi connectivity index (χ3n) is 4.97. The second-order valence-electron chi connectivity index (χ2n) is 6.46. The molecule has 3 rings (SSSR count). The highest BCUT2D eigenvalue weighted by atomic mass is 32.1. The number of thiazole rings is 1. The third kappa shape index (κ3) is 3.29. The molecule has 4 nitrogen and oxygen atoms in total. The summed E-state index contributed by atoms with van der Waals surface area (Å²) >= 11 is 1.39. The van der Waals surface area contributed by atoms with Crippen LogP contribution in [0.2, 0.25) is 0 Å². The number of carboxylic acid groups (broad SMARTS) is 1. The lowest BCUT2D eigenvalue weighted by atomic mass is 9.82. The summed E-state index contributed by atoms with van der Waals surface area (Å²) in [5.41, 5.74) is 0.853. The minimum atomic E-state index is -0.805. The smallest absolute Gasteiger partial charge is 0.347 e. The Morgan fingerprint density at radius 3 is 2.52 bits per heavy atom. The van der Waals surface area contributed by atoms with Crippen LogP contribution in [0.5, 0.6) is 0 Å². The molecule has 0 amide bonds. The molecule has 1 aromatic rings. The van der Waals surface area contributed by atoms with Crippen molar-refractivity contribution < 1.29 is 9.90 Å². The topological polar surface area (TPSA) is 53.4 Å². The number of nitrogens with zero attached hydrogens (tertiary/aromatic N) is 2. The second kappa shape index (κ2) is 6.44. The van der Waals surface area contributed by atoms with E-state index < -0.39 is 5.97 Å². The predicted octanol–water partition coefficient (Wildman–Crippen LogP) is 3.87. The lowest BCUT2D eigenvalue weighted by molar-refractivity contribution is 0.0699. The van der Waals surface area contributed by atoms with E-state index in [0.717, 1.165) is 30.1 Å². The lowest BCUT2D eigenvalue weighted by Gasteiger charge is -2.30. The van der Waals surface area contributed by atoms with Gasteiger partial charge in [0, 0.05) is 12.0 Å². The SMILES string of the molecule is CN(Cc1nc(C2CCC2)c(C(=O)O)s1)C1CCCCC1. The van der Waals surface area contributed by atoms with Crippen LogP contribution in [0.25, 0.3) is 0 Å². The zero-order valence-electron chi connectivity index (χ0n) is 12.7. The zero-order valence-corrected chi connectivity index (χ0v) is 13.5. The van der Waals surface area contributed by atoms with Crippen LogP contribution in [-0.2, 0) is 6.54 Å². The molecular weight excluding hydrogens is 284 g/mol. The first-order valence-electron chi connectivity index (χ1n) is 8.08. The van der Waals surface area contributed by atoms with Gasteiger partial charge in [-0.05, 0) is 32.7 Å². The average Bonchev–Trinajstić information content (AvgIpc) is 2.81. The summed E-state index contributed by atoms with van der Waals surface area (Å²) in [6.45, 7) is 0.794. The van der Waals surface area contributed by atoms with Crippen molar-refractivity contribution in [1.82, 2.24) is 9.88 Å². The van der Waals surface area contributed by atoms with E-state index >= 15 is 0 Å². The molecular formula is C16H24N2O2S. The van der Waals surface area contributed by atoms with E-state index in [1.54, 1.807) is 0 Å². The van der Waals surface area contributed by atoms with Crippen molar-refractivity contribution in [2.75, 3.05) is 7.05 Å². The highest BCUT2D eigenvalue weighted by Gasteiger charge is 2.29. The Balaban J connectivity index is 1.71. The predicted molar refractivity (Wildman–Crippen MR) is 84.0 cm³/mol. The van der Waals surface area contributed by atoms with Crippen molar-refractivity contribution in [2.24, 2.45) is 0 Å². The van der Waals surface area contributed by atoms with E-state index in [1.807, 2.05) is 0 Å². The molecule has 0 radical (unpaired) electrons. The summed E-state index contributed by atoms with van der Waals surface area (Å²) in [6, 6.07) is 0.642. The summed E-state index contributed by atoms with van der Waals surface area (Å²) < 4.78 is 0. The van der Waals surface area contributed by atoms with Gasteiger partial charge < -0.3 is 5.11 Å². The molecule has 0 atom stereocenters. The normalized spacial score (nSPS) is 20.7. The molecule has 2 fully saturated rings. The first-order valence-corrected chi connectivity index (χ1v) is 8.90. The number of hydrogen-bond donors (Lipinski definition) is 1. The molecule has 0 spiro atoms. The third-order valence-corrected chi connectivity index (χ3v) is 6.01. The lowest BCUT2D eigenvalue weighted by Crippen LogP contribution is -2.32. The molecule has 0 aromatic carbocycles. The first-order chi connectivity index (χ1) is 10.1. The average molecular weight is 308 g/mol. The van der Waals surface area contributed by atoms with E-state index in [4.69, 9.17) is 0 Å². The minimum Gasteiger partial charge on any atom is -0.477 e. The van der Waals surface area contributed by atoms with Gasteiger partial charge in [0.15, 0.2) is 0 Å². The molecule has 1 aromatic heterocycles. The van der Waals surface area contributed by atoms with E-state index in [9.17, 15) is 9.90 Å². The van der Waals surface area contributed by atoms with E-state index in [0.29, 0.717) is 16.8 Å². The van der Waals surface area contributed by atoms with Crippen LogP contribution in [0.3, 0.4) is 0 Å². The van der Waals surface area contributed by atoms with Gasteiger partial charge in [-0.3, -0.25) is 4.90 Å². The molecule has 0 bridgehead atoms. The van der Waals surface area contributed by atoms with Crippen molar-refractivity contribution in [2.45, 2.75) is 69.9 Å². The van der Waals surface area contributed by atoms with Gasteiger partial charge in [0.2, 0.25) is 0 Å². The quantitative estimate of drug-likeness (QED) is 0.897. The van der Waals surface area contributed by atoms with E-state index in [-0.39, 0.29) is 0 Å². The number of rotatable bonds is 5. The molecule has 116 valence electrons. The zero-order chi connectivity index (χ0) is 14.8. The maximum Gasteiger partial charge on any atom is 0.347 e. The van der Waals surface area contributed by atoms with Crippen LogP contribution in [0.4, 0.5) is 0 Å². The molecule has 1 N–H and O–H groups in total. The molecule has 2 aliphatic carbocycles. The summed E-state index contributed by atoms with van der Waals surface area (Å²) in [6.07, 6.45) is 9.94. The standard InChI is InChI=1S/C16H24N2O2S/c1-18(12-8-3-2-4-9-12)10-13-17-14(11-6-5-7-11)15(21-13)16(19)20/h11-12H,2-10H2,1H3,(H,19,20). The first kappa shape index (κ1) is 15.0. The molecule has 0 unspecified atom stereocenters. The molecule has 5 heteroatoms. The fourth-order valence-electron chi connectivity index (χ4n) is 3.42. The number of hydrogen-bond acceptors (Lipinski definition) is 4. The van der Waals surface area contributed by atoms with Gasteiger partial charge in [0.05, 0.1) is 12.2 Å². The van der Waals surface area contributed by atoms with Crippen molar-refractivity contribution in [1.29, 1.82) is 0 Å². The monoisotopic (exact) mass is 308 g/mol. The summed E-state index contributed by atoms with van der Waals surface area (Å²) in [5, 5.41) is 10.4. The minimum absolute atomic E-state index is 0.390. The van der Waals surface area contributed by atoms with E-state index in [2.05, 4.69) is 16.9 Å². The van der Waals surface area contributed by atoms with Crippen LogP contribution < -0.4 is 0 Å². The Kier molecular flexibility index (Phi) is 4.60. The molecule has 2 saturated carbocycles. The summed E-state index contributed by atoms with van der Waals surface area (Å²) in [4.78, 5) is 19.0.